The molecule has 0 bridgehead atoms. The molecule has 1 aliphatic heterocycles. The van der Waals surface area contributed by atoms with Crippen LogP contribution in [0.5, 0.6) is 0 Å². The summed E-state index contributed by atoms with van der Waals surface area (Å²) in [6, 6.07) is 3.75. The fourth-order valence-electron chi connectivity index (χ4n) is 2.42. The van der Waals surface area contributed by atoms with Crippen LogP contribution < -0.4 is 0 Å². The summed E-state index contributed by atoms with van der Waals surface area (Å²) in [6.45, 7) is 2.85. The van der Waals surface area contributed by atoms with Crippen LogP contribution in [0.15, 0.2) is 18.2 Å². The van der Waals surface area contributed by atoms with E-state index in [4.69, 9.17) is 5.11 Å². The molecule has 0 radical (unpaired) electrons. The number of carboxylic acids is 1. The zero-order valence-corrected chi connectivity index (χ0v) is 10.1. The molecule has 1 aliphatic rings. The molecule has 1 saturated heterocycles. The molecule has 18 heavy (non-hydrogen) atoms. The van der Waals surface area contributed by atoms with Gasteiger partial charge in [-0.3, -0.25) is 9.69 Å². The second-order valence-electron chi connectivity index (χ2n) is 4.82. The summed E-state index contributed by atoms with van der Waals surface area (Å²) in [5, 5.41) is 9.00. The first kappa shape index (κ1) is 13.0. The lowest BCUT2D eigenvalue weighted by Gasteiger charge is -2.16. The lowest BCUT2D eigenvalue weighted by atomic mass is 9.99. The van der Waals surface area contributed by atoms with E-state index in [9.17, 15) is 13.6 Å². The highest BCUT2D eigenvalue weighted by Crippen LogP contribution is 2.25. The van der Waals surface area contributed by atoms with E-state index >= 15 is 0 Å². The molecule has 98 valence electrons. The molecule has 0 saturated carbocycles. The maximum absolute atomic E-state index is 13.5. The van der Waals surface area contributed by atoms with Crippen LogP contribution in [0.2, 0.25) is 0 Å². The Morgan fingerprint density at radius 2 is 2.00 bits per heavy atom. The summed E-state index contributed by atoms with van der Waals surface area (Å²) in [6.07, 6.45) is 0. The molecule has 2 rings (SSSR count). The van der Waals surface area contributed by atoms with Gasteiger partial charge >= 0.3 is 5.97 Å². The highest BCUT2D eigenvalue weighted by atomic mass is 19.1. The largest absolute Gasteiger partial charge is 0.481 e. The van der Waals surface area contributed by atoms with E-state index in [1.165, 1.54) is 18.2 Å². The van der Waals surface area contributed by atoms with Crippen LogP contribution in [-0.4, -0.2) is 29.1 Å². The SMILES string of the molecule is C[C@@H]1CN(Cc2c(F)cccc2F)C[C@H]1C(=O)O. The second kappa shape index (κ2) is 5.02. The summed E-state index contributed by atoms with van der Waals surface area (Å²) in [7, 11) is 0. The standard InChI is InChI=1S/C13H15F2NO2/c1-8-5-16(6-9(8)13(17)18)7-10-11(14)3-2-4-12(10)15/h2-4,8-9H,5-7H2,1H3,(H,17,18)/t8-,9-/m1/s1. The van der Waals surface area contributed by atoms with E-state index in [1.807, 2.05) is 6.92 Å². The van der Waals surface area contributed by atoms with Crippen molar-refractivity contribution in [3.05, 3.63) is 35.4 Å². The normalized spacial score (nSPS) is 24.4. The molecule has 1 fully saturated rings. The summed E-state index contributed by atoms with van der Waals surface area (Å²) in [5.74, 6) is -2.47. The minimum atomic E-state index is -0.848. The highest BCUT2D eigenvalue weighted by Gasteiger charge is 2.35. The Labute approximate surface area is 104 Å². The Hall–Kier alpha value is -1.49. The van der Waals surface area contributed by atoms with Crippen molar-refractivity contribution in [3.8, 4) is 0 Å². The molecule has 0 amide bonds. The molecule has 0 spiro atoms. The molecule has 0 aromatic heterocycles. The number of halogens is 2. The van der Waals surface area contributed by atoms with E-state index in [1.54, 1.807) is 4.90 Å². The first-order valence-corrected chi connectivity index (χ1v) is 5.87. The molecule has 3 nitrogen and oxygen atoms in total. The molecule has 1 N–H and O–H groups in total. The zero-order chi connectivity index (χ0) is 13.3. The number of rotatable bonds is 3. The minimum Gasteiger partial charge on any atom is -0.481 e. The third-order valence-corrected chi connectivity index (χ3v) is 3.45. The van der Waals surface area contributed by atoms with E-state index in [0.29, 0.717) is 13.1 Å². The predicted octanol–water partition coefficient (Wildman–Crippen LogP) is 2.12. The Morgan fingerprint density at radius 1 is 1.39 bits per heavy atom. The van der Waals surface area contributed by atoms with E-state index in [-0.39, 0.29) is 18.0 Å². The third-order valence-electron chi connectivity index (χ3n) is 3.45. The highest BCUT2D eigenvalue weighted by molar-refractivity contribution is 5.71. The monoisotopic (exact) mass is 255 g/mol. The predicted molar refractivity (Wildman–Crippen MR) is 61.9 cm³/mol. The van der Waals surface area contributed by atoms with Gasteiger partial charge < -0.3 is 5.11 Å². The number of hydrogen-bond donors (Lipinski definition) is 1. The van der Waals surface area contributed by atoms with Crippen molar-refractivity contribution < 1.29 is 18.7 Å². The molecular weight excluding hydrogens is 240 g/mol. The van der Waals surface area contributed by atoms with E-state index in [0.717, 1.165) is 0 Å². The Bertz CT molecular complexity index is 444. The van der Waals surface area contributed by atoms with Gasteiger partial charge in [-0.1, -0.05) is 13.0 Å². The van der Waals surface area contributed by atoms with Crippen molar-refractivity contribution in [3.63, 3.8) is 0 Å². The molecule has 5 heteroatoms. The summed E-state index contributed by atoms with van der Waals surface area (Å²) in [5.41, 5.74) is 0.00994. The number of carbonyl (C=O) groups is 1. The van der Waals surface area contributed by atoms with Crippen LogP contribution >= 0.6 is 0 Å². The number of hydrogen-bond acceptors (Lipinski definition) is 2. The molecule has 1 aromatic rings. The van der Waals surface area contributed by atoms with Gasteiger partial charge in [0.15, 0.2) is 0 Å². The van der Waals surface area contributed by atoms with Gasteiger partial charge in [-0.2, -0.15) is 0 Å². The van der Waals surface area contributed by atoms with Crippen molar-refractivity contribution in [1.82, 2.24) is 4.90 Å². The molecule has 0 unspecified atom stereocenters. The Morgan fingerprint density at radius 3 is 2.50 bits per heavy atom. The fourth-order valence-corrected chi connectivity index (χ4v) is 2.42. The lowest BCUT2D eigenvalue weighted by Crippen LogP contribution is -2.24. The van der Waals surface area contributed by atoms with Crippen LogP contribution in [0.4, 0.5) is 8.78 Å². The number of nitrogens with zero attached hydrogens (tertiary/aromatic N) is 1. The molecular formula is C13H15F2NO2. The number of carboxylic acid groups (broad SMARTS) is 1. The van der Waals surface area contributed by atoms with Crippen LogP contribution in [0.25, 0.3) is 0 Å². The van der Waals surface area contributed by atoms with Crippen LogP contribution in [0.1, 0.15) is 12.5 Å². The minimum absolute atomic E-state index is 0.00247. The van der Waals surface area contributed by atoms with E-state index < -0.39 is 23.5 Å². The average Bonchev–Trinajstić information content (AvgIpc) is 2.65. The first-order chi connectivity index (χ1) is 8.49. The second-order valence-corrected chi connectivity index (χ2v) is 4.82. The van der Waals surface area contributed by atoms with Gasteiger partial charge in [-0.15, -0.1) is 0 Å². The smallest absolute Gasteiger partial charge is 0.308 e. The van der Waals surface area contributed by atoms with Crippen molar-refractivity contribution in [2.45, 2.75) is 13.5 Å². The lowest BCUT2D eigenvalue weighted by molar-refractivity contribution is -0.142. The van der Waals surface area contributed by atoms with Gasteiger partial charge in [-0.05, 0) is 18.1 Å². The summed E-state index contributed by atoms with van der Waals surface area (Å²) >= 11 is 0. The van der Waals surface area contributed by atoms with Crippen molar-refractivity contribution in [1.29, 1.82) is 0 Å². The van der Waals surface area contributed by atoms with Crippen LogP contribution in [-0.2, 0) is 11.3 Å². The first-order valence-electron chi connectivity index (χ1n) is 5.87. The molecule has 0 aliphatic carbocycles. The fraction of sp³-hybridized carbons (Fsp3) is 0.462. The molecule has 1 heterocycles. The maximum atomic E-state index is 13.5. The molecule has 2 atom stereocenters. The van der Waals surface area contributed by atoms with Gasteiger partial charge in [-0.25, -0.2) is 8.78 Å². The maximum Gasteiger partial charge on any atom is 0.308 e. The Kier molecular flexibility index (Phi) is 3.61. The Balaban J connectivity index is 2.10. The topological polar surface area (TPSA) is 40.5 Å². The zero-order valence-electron chi connectivity index (χ0n) is 10.1. The average molecular weight is 255 g/mol. The van der Waals surface area contributed by atoms with Gasteiger partial charge in [0.1, 0.15) is 11.6 Å². The van der Waals surface area contributed by atoms with Crippen LogP contribution in [0, 0.1) is 23.5 Å². The number of benzene rings is 1. The van der Waals surface area contributed by atoms with E-state index in [2.05, 4.69) is 0 Å². The summed E-state index contributed by atoms with van der Waals surface area (Å²) in [4.78, 5) is 12.8. The summed E-state index contributed by atoms with van der Waals surface area (Å²) < 4.78 is 26.9. The number of aliphatic carboxylic acids is 1. The number of likely N-dealkylation sites (tertiary alicyclic amines) is 1. The quantitative estimate of drug-likeness (QED) is 0.899. The van der Waals surface area contributed by atoms with Gasteiger partial charge in [0.2, 0.25) is 0 Å². The van der Waals surface area contributed by atoms with Gasteiger partial charge in [0.05, 0.1) is 5.92 Å². The van der Waals surface area contributed by atoms with Gasteiger partial charge in [0, 0.05) is 25.2 Å². The van der Waals surface area contributed by atoms with Crippen molar-refractivity contribution in [2.24, 2.45) is 11.8 Å². The van der Waals surface area contributed by atoms with Gasteiger partial charge in [0.25, 0.3) is 0 Å². The third kappa shape index (κ3) is 2.51. The molecule has 1 aromatic carbocycles. The van der Waals surface area contributed by atoms with Crippen molar-refractivity contribution >= 4 is 5.97 Å². The van der Waals surface area contributed by atoms with Crippen molar-refractivity contribution in [2.75, 3.05) is 13.1 Å². The van der Waals surface area contributed by atoms with Crippen LogP contribution in [0.3, 0.4) is 0 Å².